The number of rotatable bonds is 9. The molecule has 0 radical (unpaired) electrons. The number of ether oxygens (including phenoxy) is 2. The van der Waals surface area contributed by atoms with Crippen molar-refractivity contribution < 1.29 is 19.2 Å². The van der Waals surface area contributed by atoms with Crippen LogP contribution >= 0.6 is 11.3 Å². The number of nitro groups is 1. The van der Waals surface area contributed by atoms with Gasteiger partial charge in [0.2, 0.25) is 0 Å². The van der Waals surface area contributed by atoms with Crippen molar-refractivity contribution in [3.63, 3.8) is 0 Å². The van der Waals surface area contributed by atoms with Gasteiger partial charge in [0.1, 0.15) is 11.9 Å². The van der Waals surface area contributed by atoms with Crippen LogP contribution in [0.25, 0.3) is 12.2 Å². The molecule has 0 spiro atoms. The van der Waals surface area contributed by atoms with Crippen LogP contribution in [0.3, 0.4) is 0 Å². The topological polar surface area (TPSA) is 104 Å². The molecule has 0 unspecified atom stereocenters. The number of aromatic nitrogens is 1. The molecule has 3 aromatic rings. The van der Waals surface area contributed by atoms with Crippen molar-refractivity contribution in [1.82, 2.24) is 4.98 Å². The Hall–Kier alpha value is -3.56. The fourth-order valence-corrected chi connectivity index (χ4v) is 3.38. The minimum absolute atomic E-state index is 0.00149. The average molecular weight is 439 g/mol. The molecule has 0 bridgehead atoms. The third kappa shape index (κ3) is 6.21. The highest BCUT2D eigenvalue weighted by Gasteiger charge is 2.13. The van der Waals surface area contributed by atoms with E-state index in [4.69, 9.17) is 9.47 Å². The first-order chi connectivity index (χ1) is 15.0. The average Bonchev–Trinajstić information content (AvgIpc) is 3.25. The maximum absolute atomic E-state index is 12.7. The van der Waals surface area contributed by atoms with Crippen LogP contribution in [0.1, 0.15) is 28.4 Å². The monoisotopic (exact) mass is 439 g/mol. The molecule has 3 rings (SSSR count). The molecular formula is C22H21N3O5S. The molecule has 9 heteroatoms. The zero-order chi connectivity index (χ0) is 22.2. The van der Waals surface area contributed by atoms with Gasteiger partial charge in [-0.2, -0.15) is 0 Å². The molecule has 0 fully saturated rings. The van der Waals surface area contributed by atoms with Gasteiger partial charge in [0.25, 0.3) is 11.6 Å². The van der Waals surface area contributed by atoms with E-state index >= 15 is 0 Å². The van der Waals surface area contributed by atoms with Gasteiger partial charge in [0.15, 0.2) is 5.13 Å². The zero-order valence-corrected chi connectivity index (χ0v) is 17.8. The molecule has 8 nitrogen and oxygen atoms in total. The van der Waals surface area contributed by atoms with Gasteiger partial charge in [0.05, 0.1) is 17.1 Å². The van der Waals surface area contributed by atoms with Crippen molar-refractivity contribution in [1.29, 1.82) is 0 Å². The Morgan fingerprint density at radius 1 is 1.29 bits per heavy atom. The van der Waals surface area contributed by atoms with Crippen molar-refractivity contribution in [2.75, 3.05) is 19.0 Å². The number of nitrogens with zero attached hydrogens (tertiary/aromatic N) is 2. The summed E-state index contributed by atoms with van der Waals surface area (Å²) in [5.74, 6) is 0.152. The number of nitrogens with one attached hydrogen (secondary N) is 1. The van der Waals surface area contributed by atoms with Gasteiger partial charge in [-0.05, 0) is 42.8 Å². The largest absolute Gasteiger partial charge is 0.488 e. The van der Waals surface area contributed by atoms with Gasteiger partial charge in [-0.1, -0.05) is 18.2 Å². The van der Waals surface area contributed by atoms with E-state index in [0.717, 1.165) is 0 Å². The number of methoxy groups -OCH3 is 1. The molecule has 1 atom stereocenters. The predicted octanol–water partition coefficient (Wildman–Crippen LogP) is 4.89. The normalized spacial score (nSPS) is 11.9. The summed E-state index contributed by atoms with van der Waals surface area (Å²) in [7, 11) is 1.58. The molecule has 0 aliphatic carbocycles. The minimum Gasteiger partial charge on any atom is -0.488 e. The SMILES string of the molecule is COC[C@H](C)Oc1cc(C=Cc2ccccc2[N+](=O)[O-])cc(C(=O)Nc2nccs2)c1. The van der Waals surface area contributed by atoms with E-state index in [2.05, 4.69) is 10.3 Å². The van der Waals surface area contributed by atoms with Crippen LogP contribution in [0.5, 0.6) is 5.75 Å². The molecule has 0 aliphatic rings. The number of carbonyl (C=O) groups excluding carboxylic acids is 1. The molecule has 160 valence electrons. The lowest BCUT2D eigenvalue weighted by molar-refractivity contribution is -0.385. The second-order valence-electron chi connectivity index (χ2n) is 6.62. The molecular weight excluding hydrogens is 418 g/mol. The van der Waals surface area contributed by atoms with Crippen molar-refractivity contribution in [2.45, 2.75) is 13.0 Å². The number of benzene rings is 2. The van der Waals surface area contributed by atoms with Crippen LogP contribution in [0.15, 0.2) is 54.0 Å². The third-order valence-corrected chi connectivity index (χ3v) is 4.86. The summed E-state index contributed by atoms with van der Waals surface area (Å²) in [6, 6.07) is 11.5. The first-order valence-corrected chi connectivity index (χ1v) is 10.3. The molecule has 0 aliphatic heterocycles. The summed E-state index contributed by atoms with van der Waals surface area (Å²) < 4.78 is 11.0. The van der Waals surface area contributed by atoms with Crippen molar-refractivity contribution in [2.24, 2.45) is 0 Å². The Labute approximate surface area is 183 Å². The Bertz CT molecular complexity index is 1080. The van der Waals surface area contributed by atoms with Crippen LogP contribution in [-0.2, 0) is 4.74 Å². The third-order valence-electron chi connectivity index (χ3n) is 4.17. The molecule has 1 aromatic heterocycles. The summed E-state index contributed by atoms with van der Waals surface area (Å²) in [4.78, 5) is 27.6. The molecule has 2 aromatic carbocycles. The number of amides is 1. The van der Waals surface area contributed by atoms with Crippen LogP contribution in [0, 0.1) is 10.1 Å². The standard InChI is InChI=1S/C22H21N3O5S/c1-15(14-29-2)30-19-12-16(7-8-17-5-3-4-6-20(17)25(27)28)11-18(13-19)21(26)24-22-23-9-10-31-22/h3-13,15H,14H2,1-2H3,(H,23,24,26)/t15-/m0/s1. The van der Waals surface area contributed by atoms with Crippen LogP contribution in [0.2, 0.25) is 0 Å². The highest BCUT2D eigenvalue weighted by molar-refractivity contribution is 7.13. The van der Waals surface area contributed by atoms with E-state index < -0.39 is 4.92 Å². The van der Waals surface area contributed by atoms with Gasteiger partial charge in [-0.25, -0.2) is 4.98 Å². The van der Waals surface area contributed by atoms with E-state index in [1.807, 2.05) is 6.92 Å². The summed E-state index contributed by atoms with van der Waals surface area (Å²) >= 11 is 1.31. The summed E-state index contributed by atoms with van der Waals surface area (Å²) in [5, 5.41) is 16.2. The Morgan fingerprint density at radius 3 is 2.81 bits per heavy atom. The van der Waals surface area contributed by atoms with E-state index in [1.54, 1.807) is 67.2 Å². The lowest BCUT2D eigenvalue weighted by atomic mass is 10.1. The van der Waals surface area contributed by atoms with E-state index in [-0.39, 0.29) is 17.7 Å². The molecule has 1 amide bonds. The Morgan fingerprint density at radius 2 is 2.10 bits per heavy atom. The van der Waals surface area contributed by atoms with Crippen molar-refractivity contribution in [3.8, 4) is 5.75 Å². The molecule has 31 heavy (non-hydrogen) atoms. The summed E-state index contributed by atoms with van der Waals surface area (Å²) in [6.07, 6.45) is 4.72. The number of hydrogen-bond acceptors (Lipinski definition) is 7. The van der Waals surface area contributed by atoms with E-state index in [9.17, 15) is 14.9 Å². The lowest BCUT2D eigenvalue weighted by Gasteiger charge is -2.15. The Kier molecular flexibility index (Phi) is 7.47. The molecule has 0 saturated carbocycles. The number of nitro benzene ring substituents is 1. The predicted molar refractivity (Wildman–Crippen MR) is 120 cm³/mol. The quantitative estimate of drug-likeness (QED) is 0.289. The first kappa shape index (κ1) is 22.1. The van der Waals surface area contributed by atoms with Gasteiger partial charge >= 0.3 is 0 Å². The van der Waals surface area contributed by atoms with E-state index in [0.29, 0.717) is 34.2 Å². The minimum atomic E-state index is -0.432. The first-order valence-electron chi connectivity index (χ1n) is 9.39. The second kappa shape index (κ2) is 10.5. The lowest BCUT2D eigenvalue weighted by Crippen LogP contribution is -2.18. The van der Waals surface area contributed by atoms with Crippen molar-refractivity contribution in [3.05, 3.63) is 80.8 Å². The summed E-state index contributed by atoms with van der Waals surface area (Å²) in [5.41, 5.74) is 1.49. The highest BCUT2D eigenvalue weighted by Crippen LogP contribution is 2.24. The highest BCUT2D eigenvalue weighted by atomic mass is 32.1. The van der Waals surface area contributed by atoms with Crippen LogP contribution in [0.4, 0.5) is 10.8 Å². The molecule has 0 saturated heterocycles. The molecule has 1 N–H and O–H groups in total. The number of hydrogen-bond donors (Lipinski definition) is 1. The van der Waals surface area contributed by atoms with Gasteiger partial charge in [0, 0.05) is 30.3 Å². The fraction of sp³-hybridized carbons (Fsp3) is 0.182. The number of anilines is 1. The second-order valence-corrected chi connectivity index (χ2v) is 7.51. The van der Waals surface area contributed by atoms with E-state index in [1.165, 1.54) is 17.4 Å². The van der Waals surface area contributed by atoms with Gasteiger partial charge in [-0.15, -0.1) is 11.3 Å². The summed E-state index contributed by atoms with van der Waals surface area (Å²) in [6.45, 7) is 2.24. The zero-order valence-electron chi connectivity index (χ0n) is 17.0. The number of para-hydroxylation sites is 1. The van der Waals surface area contributed by atoms with Gasteiger partial charge < -0.3 is 9.47 Å². The maximum atomic E-state index is 12.7. The van der Waals surface area contributed by atoms with Crippen molar-refractivity contribution >= 4 is 40.2 Å². The fourth-order valence-electron chi connectivity index (χ4n) is 2.85. The molecule has 1 heterocycles. The van der Waals surface area contributed by atoms with Crippen LogP contribution < -0.4 is 10.1 Å². The Balaban J connectivity index is 1.92. The smallest absolute Gasteiger partial charge is 0.276 e. The number of thiazole rings is 1. The maximum Gasteiger partial charge on any atom is 0.276 e. The number of carbonyl (C=O) groups is 1. The van der Waals surface area contributed by atoms with Crippen LogP contribution in [-0.4, -0.2) is 35.6 Å². The van der Waals surface area contributed by atoms with Gasteiger partial charge in [-0.3, -0.25) is 20.2 Å².